The molecule has 0 saturated heterocycles. The third-order valence-corrected chi connectivity index (χ3v) is 3.70. The molecule has 0 fully saturated rings. The number of hydrogen-bond donors (Lipinski definition) is 0. The van der Waals surface area contributed by atoms with Crippen LogP contribution in [0.4, 0.5) is 0 Å². The molecule has 2 heterocycles. The van der Waals surface area contributed by atoms with Crippen LogP contribution in [-0.4, -0.2) is 15.8 Å². The zero-order valence-electron chi connectivity index (χ0n) is 11.1. The van der Waals surface area contributed by atoms with E-state index in [9.17, 15) is 4.79 Å². The standard InChI is InChI=1S/C16H16N2O/c1-11-6-7-14-12(2)18(10-13(14)9-11)16(19)15-5-3-4-8-17-15/h3-9,12H,10H2,1-2H3/t12-/m1/s1. The predicted molar refractivity (Wildman–Crippen MR) is 73.7 cm³/mol. The Bertz CT molecular complexity index is 622. The van der Waals surface area contributed by atoms with E-state index in [1.54, 1.807) is 12.3 Å². The Labute approximate surface area is 112 Å². The highest BCUT2D eigenvalue weighted by Crippen LogP contribution is 2.34. The summed E-state index contributed by atoms with van der Waals surface area (Å²) in [6, 6.07) is 11.9. The number of pyridine rings is 1. The SMILES string of the molecule is Cc1ccc2c(c1)CN(C(=O)c1ccccn1)[C@@H]2C. The van der Waals surface area contributed by atoms with E-state index < -0.39 is 0 Å². The fourth-order valence-electron chi connectivity index (χ4n) is 2.65. The molecule has 1 atom stereocenters. The van der Waals surface area contributed by atoms with Gasteiger partial charge in [0.05, 0.1) is 6.04 Å². The molecule has 3 heteroatoms. The highest BCUT2D eigenvalue weighted by atomic mass is 16.2. The molecule has 1 aliphatic heterocycles. The van der Waals surface area contributed by atoms with Crippen LogP contribution in [0.1, 0.15) is 40.1 Å². The smallest absolute Gasteiger partial charge is 0.273 e. The minimum Gasteiger partial charge on any atom is -0.326 e. The van der Waals surface area contributed by atoms with Crippen molar-refractivity contribution in [1.82, 2.24) is 9.88 Å². The molecule has 0 saturated carbocycles. The molecule has 3 rings (SSSR count). The molecule has 1 aromatic heterocycles. The Morgan fingerprint density at radius 2 is 2.16 bits per heavy atom. The zero-order chi connectivity index (χ0) is 13.4. The van der Waals surface area contributed by atoms with Crippen LogP contribution < -0.4 is 0 Å². The first-order chi connectivity index (χ1) is 9.16. The second kappa shape index (κ2) is 4.50. The largest absolute Gasteiger partial charge is 0.326 e. The number of nitrogens with zero attached hydrogens (tertiary/aromatic N) is 2. The van der Waals surface area contributed by atoms with Crippen LogP contribution in [0.25, 0.3) is 0 Å². The normalized spacial score (nSPS) is 17.4. The van der Waals surface area contributed by atoms with Gasteiger partial charge >= 0.3 is 0 Å². The van der Waals surface area contributed by atoms with Crippen molar-refractivity contribution in [3.63, 3.8) is 0 Å². The van der Waals surface area contributed by atoms with Crippen LogP contribution in [0.5, 0.6) is 0 Å². The van der Waals surface area contributed by atoms with Gasteiger partial charge in [-0.2, -0.15) is 0 Å². The van der Waals surface area contributed by atoms with Crippen molar-refractivity contribution in [2.75, 3.05) is 0 Å². The molecule has 1 aliphatic rings. The van der Waals surface area contributed by atoms with Crippen LogP contribution in [0.2, 0.25) is 0 Å². The van der Waals surface area contributed by atoms with Gasteiger partial charge < -0.3 is 4.90 Å². The fraction of sp³-hybridized carbons (Fsp3) is 0.250. The van der Waals surface area contributed by atoms with E-state index in [0.29, 0.717) is 12.2 Å². The molecular formula is C16H16N2O. The van der Waals surface area contributed by atoms with E-state index in [1.165, 1.54) is 16.7 Å². The number of amides is 1. The van der Waals surface area contributed by atoms with E-state index in [-0.39, 0.29) is 11.9 Å². The first-order valence-corrected chi connectivity index (χ1v) is 6.48. The summed E-state index contributed by atoms with van der Waals surface area (Å²) in [6.45, 7) is 4.82. The van der Waals surface area contributed by atoms with Gasteiger partial charge in [0.25, 0.3) is 5.91 Å². The molecular weight excluding hydrogens is 236 g/mol. The summed E-state index contributed by atoms with van der Waals surface area (Å²) >= 11 is 0. The van der Waals surface area contributed by atoms with Gasteiger partial charge in [-0.3, -0.25) is 9.78 Å². The average Bonchev–Trinajstić information content (AvgIpc) is 2.75. The van der Waals surface area contributed by atoms with Crippen LogP contribution in [0.3, 0.4) is 0 Å². The van der Waals surface area contributed by atoms with Gasteiger partial charge in [-0.15, -0.1) is 0 Å². The van der Waals surface area contributed by atoms with Crippen molar-refractivity contribution in [3.8, 4) is 0 Å². The fourth-order valence-corrected chi connectivity index (χ4v) is 2.65. The summed E-state index contributed by atoms with van der Waals surface area (Å²) in [7, 11) is 0. The van der Waals surface area contributed by atoms with Crippen LogP contribution in [-0.2, 0) is 6.54 Å². The lowest BCUT2D eigenvalue weighted by atomic mass is 10.0. The predicted octanol–water partition coefficient (Wildman–Crippen LogP) is 3.11. The van der Waals surface area contributed by atoms with Gasteiger partial charge in [0.1, 0.15) is 5.69 Å². The molecule has 0 bridgehead atoms. The van der Waals surface area contributed by atoms with Crippen LogP contribution >= 0.6 is 0 Å². The van der Waals surface area contributed by atoms with Crippen molar-refractivity contribution in [1.29, 1.82) is 0 Å². The van der Waals surface area contributed by atoms with Crippen LogP contribution in [0.15, 0.2) is 42.6 Å². The number of carbonyl (C=O) groups excluding carboxylic acids is 1. The Balaban J connectivity index is 1.92. The summed E-state index contributed by atoms with van der Waals surface area (Å²) in [5.41, 5.74) is 4.24. The number of aryl methyl sites for hydroxylation is 1. The lowest BCUT2D eigenvalue weighted by molar-refractivity contribution is 0.0699. The number of aromatic nitrogens is 1. The molecule has 0 N–H and O–H groups in total. The van der Waals surface area contributed by atoms with E-state index in [0.717, 1.165) is 0 Å². The van der Waals surface area contributed by atoms with Crippen molar-refractivity contribution < 1.29 is 4.79 Å². The Kier molecular flexibility index (Phi) is 2.82. The second-order valence-electron chi connectivity index (χ2n) is 5.03. The Hall–Kier alpha value is -2.16. The van der Waals surface area contributed by atoms with Crippen molar-refractivity contribution in [2.45, 2.75) is 26.4 Å². The molecule has 3 nitrogen and oxygen atoms in total. The zero-order valence-corrected chi connectivity index (χ0v) is 11.1. The van der Waals surface area contributed by atoms with E-state index in [2.05, 4.69) is 37.0 Å². The first kappa shape index (κ1) is 11.9. The molecule has 1 aromatic carbocycles. The monoisotopic (exact) mass is 252 g/mol. The quantitative estimate of drug-likeness (QED) is 0.781. The second-order valence-corrected chi connectivity index (χ2v) is 5.03. The summed E-state index contributed by atoms with van der Waals surface area (Å²) in [4.78, 5) is 18.5. The van der Waals surface area contributed by atoms with Crippen molar-refractivity contribution in [3.05, 3.63) is 65.0 Å². The van der Waals surface area contributed by atoms with E-state index >= 15 is 0 Å². The average molecular weight is 252 g/mol. The summed E-state index contributed by atoms with van der Waals surface area (Å²) in [5, 5.41) is 0. The number of carbonyl (C=O) groups is 1. The molecule has 0 spiro atoms. The van der Waals surface area contributed by atoms with Crippen LogP contribution in [0, 0.1) is 6.92 Å². The lowest BCUT2D eigenvalue weighted by Gasteiger charge is -2.21. The third kappa shape index (κ3) is 2.01. The summed E-state index contributed by atoms with van der Waals surface area (Å²) in [5.74, 6) is 0.00181. The Morgan fingerprint density at radius 3 is 2.89 bits per heavy atom. The maximum atomic E-state index is 12.5. The van der Waals surface area contributed by atoms with E-state index in [4.69, 9.17) is 0 Å². The first-order valence-electron chi connectivity index (χ1n) is 6.48. The van der Waals surface area contributed by atoms with Gasteiger partial charge in [-0.1, -0.05) is 29.8 Å². The molecule has 0 radical (unpaired) electrons. The van der Waals surface area contributed by atoms with Crippen molar-refractivity contribution in [2.24, 2.45) is 0 Å². The number of rotatable bonds is 1. The molecule has 0 unspecified atom stereocenters. The van der Waals surface area contributed by atoms with Gasteiger partial charge in [-0.05, 0) is 37.1 Å². The number of fused-ring (bicyclic) bond motifs is 1. The minimum atomic E-state index is 0.00181. The van der Waals surface area contributed by atoms with Gasteiger partial charge in [0, 0.05) is 12.7 Å². The lowest BCUT2D eigenvalue weighted by Crippen LogP contribution is -2.28. The summed E-state index contributed by atoms with van der Waals surface area (Å²) < 4.78 is 0. The molecule has 1 amide bonds. The highest BCUT2D eigenvalue weighted by molar-refractivity contribution is 5.93. The molecule has 19 heavy (non-hydrogen) atoms. The maximum absolute atomic E-state index is 12.5. The number of benzene rings is 1. The topological polar surface area (TPSA) is 33.2 Å². The highest BCUT2D eigenvalue weighted by Gasteiger charge is 2.31. The third-order valence-electron chi connectivity index (χ3n) is 3.70. The van der Waals surface area contributed by atoms with Crippen molar-refractivity contribution >= 4 is 5.91 Å². The maximum Gasteiger partial charge on any atom is 0.273 e. The van der Waals surface area contributed by atoms with E-state index in [1.807, 2.05) is 17.0 Å². The van der Waals surface area contributed by atoms with Gasteiger partial charge in [0.2, 0.25) is 0 Å². The summed E-state index contributed by atoms with van der Waals surface area (Å²) in [6.07, 6.45) is 1.66. The molecule has 96 valence electrons. The molecule has 2 aromatic rings. The Morgan fingerprint density at radius 1 is 1.32 bits per heavy atom. The molecule has 0 aliphatic carbocycles. The minimum absolute atomic E-state index is 0.00181. The van der Waals surface area contributed by atoms with Gasteiger partial charge in [-0.25, -0.2) is 0 Å². The van der Waals surface area contributed by atoms with Gasteiger partial charge in [0.15, 0.2) is 0 Å². The number of hydrogen-bond acceptors (Lipinski definition) is 2.